The van der Waals surface area contributed by atoms with Gasteiger partial charge in [0, 0.05) is 6.07 Å². The number of carboxylic acid groups (broad SMARTS) is 1. The number of pyridine rings is 1. The molecule has 0 spiro atoms. The van der Waals surface area contributed by atoms with Crippen molar-refractivity contribution in [3.05, 3.63) is 64.0 Å². The van der Waals surface area contributed by atoms with E-state index in [2.05, 4.69) is 4.98 Å². The quantitative estimate of drug-likeness (QED) is 0.649. The van der Waals surface area contributed by atoms with E-state index in [0.717, 1.165) is 5.56 Å². The Balaban J connectivity index is 2.07. The van der Waals surface area contributed by atoms with Crippen molar-refractivity contribution >= 4 is 23.8 Å². The third-order valence-corrected chi connectivity index (χ3v) is 2.65. The predicted octanol–water partition coefficient (Wildman–Crippen LogP) is 2.62. The highest BCUT2D eigenvalue weighted by Gasteiger charge is 2.03. The normalized spacial score (nSPS) is 10.5. The number of aliphatic carboxylic acids is 1. The van der Waals surface area contributed by atoms with Crippen LogP contribution in [0.25, 0.3) is 12.2 Å². The summed E-state index contributed by atoms with van der Waals surface area (Å²) >= 11 is 0. The molecule has 7 nitrogen and oxygen atoms in total. The van der Waals surface area contributed by atoms with Crippen molar-refractivity contribution in [2.24, 2.45) is 0 Å². The van der Waals surface area contributed by atoms with Crippen molar-refractivity contribution < 1.29 is 19.6 Å². The van der Waals surface area contributed by atoms with Gasteiger partial charge in [-0.15, -0.1) is 0 Å². The first-order chi connectivity index (χ1) is 10.5. The van der Waals surface area contributed by atoms with Gasteiger partial charge < -0.3 is 9.84 Å². The summed E-state index contributed by atoms with van der Waals surface area (Å²) in [7, 11) is 0. The fourth-order valence-electron chi connectivity index (χ4n) is 1.64. The molecule has 7 heteroatoms. The molecule has 0 radical (unpaired) electrons. The van der Waals surface area contributed by atoms with E-state index in [0.29, 0.717) is 11.4 Å². The molecule has 1 N–H and O–H groups in total. The zero-order chi connectivity index (χ0) is 15.9. The minimum Gasteiger partial charge on any atom is -0.482 e. The Bertz CT molecular complexity index is 710. The van der Waals surface area contributed by atoms with Crippen molar-refractivity contribution in [1.29, 1.82) is 0 Å². The number of nitrogens with zero attached hydrogens (tertiary/aromatic N) is 2. The molecular formula is C15H12N2O5. The maximum atomic E-state index is 10.5. The van der Waals surface area contributed by atoms with E-state index in [1.165, 1.54) is 12.3 Å². The number of benzene rings is 1. The van der Waals surface area contributed by atoms with Crippen LogP contribution in [-0.4, -0.2) is 27.6 Å². The summed E-state index contributed by atoms with van der Waals surface area (Å²) in [6, 6.07) is 9.81. The van der Waals surface area contributed by atoms with Crippen LogP contribution in [0.5, 0.6) is 5.75 Å². The topological polar surface area (TPSA) is 103 Å². The largest absolute Gasteiger partial charge is 0.482 e. The van der Waals surface area contributed by atoms with E-state index in [9.17, 15) is 14.9 Å². The highest BCUT2D eigenvalue weighted by molar-refractivity contribution is 5.70. The molecule has 0 unspecified atom stereocenters. The lowest BCUT2D eigenvalue weighted by molar-refractivity contribution is -0.385. The second-order valence-electron chi connectivity index (χ2n) is 4.29. The molecule has 0 saturated heterocycles. The third kappa shape index (κ3) is 4.41. The molecule has 0 bridgehead atoms. The maximum Gasteiger partial charge on any atom is 0.341 e. The Morgan fingerprint density at radius 1 is 1.32 bits per heavy atom. The molecule has 0 aliphatic rings. The summed E-state index contributed by atoms with van der Waals surface area (Å²) in [5.41, 5.74) is 1.30. The van der Waals surface area contributed by atoms with Crippen molar-refractivity contribution in [2.45, 2.75) is 0 Å². The summed E-state index contributed by atoms with van der Waals surface area (Å²) < 4.78 is 5.08. The molecule has 1 aromatic carbocycles. The van der Waals surface area contributed by atoms with Crippen LogP contribution in [0.2, 0.25) is 0 Å². The van der Waals surface area contributed by atoms with Crippen LogP contribution in [0.1, 0.15) is 11.3 Å². The van der Waals surface area contributed by atoms with E-state index in [1.54, 1.807) is 36.4 Å². The molecule has 2 rings (SSSR count). The zero-order valence-electron chi connectivity index (χ0n) is 11.4. The van der Waals surface area contributed by atoms with Crippen LogP contribution in [0.4, 0.5) is 5.69 Å². The monoisotopic (exact) mass is 300 g/mol. The average molecular weight is 300 g/mol. The van der Waals surface area contributed by atoms with Gasteiger partial charge in [-0.25, -0.2) is 9.78 Å². The first-order valence-corrected chi connectivity index (χ1v) is 6.28. The smallest absolute Gasteiger partial charge is 0.341 e. The van der Waals surface area contributed by atoms with Gasteiger partial charge in [0.1, 0.15) is 11.9 Å². The second-order valence-corrected chi connectivity index (χ2v) is 4.29. The van der Waals surface area contributed by atoms with Gasteiger partial charge in [-0.3, -0.25) is 10.1 Å². The number of carboxylic acids is 1. The standard InChI is InChI=1S/C15H12N2O5/c18-15(19)10-22-14-3-1-2-11(8-14)4-5-12-6-7-13(9-16-12)17(20)21/h1-9H,10H2,(H,18,19). The highest BCUT2D eigenvalue weighted by Crippen LogP contribution is 2.16. The lowest BCUT2D eigenvalue weighted by Crippen LogP contribution is -2.09. The number of carbonyl (C=O) groups is 1. The molecule has 22 heavy (non-hydrogen) atoms. The van der Waals surface area contributed by atoms with Crippen molar-refractivity contribution in [1.82, 2.24) is 4.98 Å². The van der Waals surface area contributed by atoms with Crippen molar-refractivity contribution in [3.8, 4) is 5.75 Å². The first kappa shape index (κ1) is 15.2. The summed E-state index contributed by atoms with van der Waals surface area (Å²) in [4.78, 5) is 24.4. The van der Waals surface area contributed by atoms with Gasteiger partial charge in [0.2, 0.25) is 0 Å². The van der Waals surface area contributed by atoms with E-state index in [1.807, 2.05) is 6.07 Å². The SMILES string of the molecule is O=C(O)COc1cccc(C=Cc2ccc([N+](=O)[O-])cn2)c1. The van der Waals surface area contributed by atoms with Crippen LogP contribution in [0, 0.1) is 10.1 Å². The molecule has 0 atom stereocenters. The Morgan fingerprint density at radius 3 is 2.77 bits per heavy atom. The average Bonchev–Trinajstić information content (AvgIpc) is 2.52. The number of rotatable bonds is 6. The van der Waals surface area contributed by atoms with Crippen molar-refractivity contribution in [3.63, 3.8) is 0 Å². The number of hydrogen-bond acceptors (Lipinski definition) is 5. The van der Waals surface area contributed by atoms with Gasteiger partial charge in [0.15, 0.2) is 6.61 Å². The molecule has 0 amide bonds. The number of aromatic nitrogens is 1. The van der Waals surface area contributed by atoms with E-state index < -0.39 is 17.5 Å². The molecule has 112 valence electrons. The highest BCUT2D eigenvalue weighted by atomic mass is 16.6. The summed E-state index contributed by atoms with van der Waals surface area (Å²) in [5.74, 6) is -0.600. The van der Waals surface area contributed by atoms with Gasteiger partial charge in [0.05, 0.1) is 10.6 Å². The molecule has 0 aliphatic heterocycles. The second kappa shape index (κ2) is 6.98. The number of hydrogen-bond donors (Lipinski definition) is 1. The third-order valence-electron chi connectivity index (χ3n) is 2.65. The molecule has 0 aliphatic carbocycles. The molecule has 2 aromatic rings. The van der Waals surface area contributed by atoms with Gasteiger partial charge in [-0.05, 0) is 29.8 Å². The van der Waals surface area contributed by atoms with Gasteiger partial charge in [-0.1, -0.05) is 18.2 Å². The Morgan fingerprint density at radius 2 is 2.14 bits per heavy atom. The van der Waals surface area contributed by atoms with Crippen LogP contribution >= 0.6 is 0 Å². The van der Waals surface area contributed by atoms with E-state index in [4.69, 9.17) is 9.84 Å². The van der Waals surface area contributed by atoms with Gasteiger partial charge >= 0.3 is 5.97 Å². The van der Waals surface area contributed by atoms with Crippen LogP contribution in [0.15, 0.2) is 42.6 Å². The van der Waals surface area contributed by atoms with Crippen molar-refractivity contribution in [2.75, 3.05) is 6.61 Å². The van der Waals surface area contributed by atoms with Crippen LogP contribution in [0.3, 0.4) is 0 Å². The van der Waals surface area contributed by atoms with Crippen LogP contribution in [-0.2, 0) is 4.79 Å². The van der Waals surface area contributed by atoms with E-state index in [-0.39, 0.29) is 5.69 Å². The first-order valence-electron chi connectivity index (χ1n) is 6.28. The lowest BCUT2D eigenvalue weighted by Gasteiger charge is -2.03. The van der Waals surface area contributed by atoms with Crippen LogP contribution < -0.4 is 4.74 Å². The Labute approximate surface area is 125 Å². The minimum absolute atomic E-state index is 0.0683. The molecule has 0 fully saturated rings. The summed E-state index contributed by atoms with van der Waals surface area (Å²) in [5, 5.41) is 19.1. The zero-order valence-corrected chi connectivity index (χ0v) is 11.4. The fraction of sp³-hybridized carbons (Fsp3) is 0.0667. The number of ether oxygens (including phenoxy) is 1. The predicted molar refractivity (Wildman–Crippen MR) is 79.4 cm³/mol. The minimum atomic E-state index is -1.05. The van der Waals surface area contributed by atoms with E-state index >= 15 is 0 Å². The summed E-state index contributed by atoms with van der Waals surface area (Å²) in [6.45, 7) is -0.406. The Hall–Kier alpha value is -3.22. The lowest BCUT2D eigenvalue weighted by atomic mass is 10.2. The summed E-state index contributed by atoms with van der Waals surface area (Å²) in [6.07, 6.45) is 4.63. The maximum absolute atomic E-state index is 10.5. The Kier molecular flexibility index (Phi) is 4.81. The molecular weight excluding hydrogens is 288 g/mol. The molecule has 0 saturated carbocycles. The molecule has 1 aromatic heterocycles. The van der Waals surface area contributed by atoms with Gasteiger partial charge in [-0.2, -0.15) is 0 Å². The number of nitro groups is 1. The van der Waals surface area contributed by atoms with Gasteiger partial charge in [0.25, 0.3) is 5.69 Å². The fourth-order valence-corrected chi connectivity index (χ4v) is 1.64. The molecule has 1 heterocycles.